The Morgan fingerprint density at radius 3 is 2.67 bits per heavy atom. The molecule has 80 valence electrons. The number of aryl methyl sites for hydroxylation is 1. The van der Waals surface area contributed by atoms with Gasteiger partial charge < -0.3 is 9.84 Å². The van der Waals surface area contributed by atoms with E-state index in [1.54, 1.807) is 12.1 Å². The van der Waals surface area contributed by atoms with Crippen molar-refractivity contribution < 1.29 is 19.4 Å². The summed E-state index contributed by atoms with van der Waals surface area (Å²) in [5.41, 5.74) is 1.66. The number of carboxylic acids is 1. The molecule has 0 saturated heterocycles. The fourth-order valence-corrected chi connectivity index (χ4v) is 1.45. The van der Waals surface area contributed by atoms with Crippen LogP contribution in [0.4, 0.5) is 0 Å². The molecule has 0 heterocycles. The summed E-state index contributed by atoms with van der Waals surface area (Å²) in [6.07, 6.45) is 0.447. The molecule has 0 saturated carbocycles. The van der Waals surface area contributed by atoms with Gasteiger partial charge in [-0.1, -0.05) is 6.07 Å². The number of benzene rings is 1. The molecule has 0 atom stereocenters. The predicted molar refractivity (Wildman–Crippen MR) is 54.5 cm³/mol. The van der Waals surface area contributed by atoms with Gasteiger partial charge in [-0.2, -0.15) is 0 Å². The molecule has 0 fully saturated rings. The van der Waals surface area contributed by atoms with Crippen LogP contribution in [-0.4, -0.2) is 24.5 Å². The lowest BCUT2D eigenvalue weighted by Gasteiger charge is -2.09. The van der Waals surface area contributed by atoms with Gasteiger partial charge in [-0.15, -0.1) is 0 Å². The molecule has 1 aromatic carbocycles. The number of carbonyl (C=O) groups excluding carboxylic acids is 1. The van der Waals surface area contributed by atoms with Gasteiger partial charge in [0, 0.05) is 0 Å². The summed E-state index contributed by atoms with van der Waals surface area (Å²) < 4.78 is 5.02. The fourth-order valence-electron chi connectivity index (χ4n) is 1.45. The van der Waals surface area contributed by atoms with Crippen LogP contribution in [0, 0.1) is 6.92 Å². The van der Waals surface area contributed by atoms with Gasteiger partial charge in [0.05, 0.1) is 19.1 Å². The van der Waals surface area contributed by atoms with Crippen LogP contribution in [0.5, 0.6) is 5.75 Å². The Morgan fingerprint density at radius 1 is 1.53 bits per heavy atom. The fraction of sp³-hybridized carbons (Fsp3) is 0.273. The maximum absolute atomic E-state index is 10.8. The second kappa shape index (κ2) is 4.59. The number of hydrogen-bond donors (Lipinski definition) is 1. The Hall–Kier alpha value is -1.84. The molecule has 15 heavy (non-hydrogen) atoms. The van der Waals surface area contributed by atoms with Crippen LogP contribution >= 0.6 is 0 Å². The van der Waals surface area contributed by atoms with Gasteiger partial charge in [-0.25, -0.2) is 0 Å². The van der Waals surface area contributed by atoms with Crippen LogP contribution in [-0.2, 0) is 11.2 Å². The number of aliphatic carboxylic acids is 1. The summed E-state index contributed by atoms with van der Waals surface area (Å²) in [4.78, 5) is 21.4. The van der Waals surface area contributed by atoms with E-state index in [-0.39, 0.29) is 6.42 Å². The van der Waals surface area contributed by atoms with Crippen molar-refractivity contribution in [1.82, 2.24) is 0 Å². The second-order valence-electron chi connectivity index (χ2n) is 3.23. The van der Waals surface area contributed by atoms with Crippen LogP contribution in [0.15, 0.2) is 12.1 Å². The summed E-state index contributed by atoms with van der Waals surface area (Å²) in [5.74, 6) is -0.549. The summed E-state index contributed by atoms with van der Waals surface area (Å²) in [6, 6.07) is 3.38. The zero-order chi connectivity index (χ0) is 11.4. The molecular formula is C11H12O4. The minimum absolute atomic E-state index is 0.174. The molecule has 0 spiro atoms. The molecule has 0 aromatic heterocycles. The molecule has 0 radical (unpaired) electrons. The average Bonchev–Trinajstić information content (AvgIpc) is 2.15. The number of aldehydes is 1. The summed E-state index contributed by atoms with van der Waals surface area (Å²) >= 11 is 0. The van der Waals surface area contributed by atoms with Gasteiger partial charge in [0.15, 0.2) is 6.29 Å². The Kier molecular flexibility index (Phi) is 3.44. The van der Waals surface area contributed by atoms with E-state index < -0.39 is 5.97 Å². The second-order valence-corrected chi connectivity index (χ2v) is 3.23. The highest BCUT2D eigenvalue weighted by Crippen LogP contribution is 2.23. The third kappa shape index (κ3) is 2.56. The van der Waals surface area contributed by atoms with Crippen LogP contribution in [0.25, 0.3) is 0 Å². The molecular weight excluding hydrogens is 196 g/mol. The maximum atomic E-state index is 10.8. The topological polar surface area (TPSA) is 63.6 Å². The molecule has 4 heteroatoms. The Labute approximate surface area is 87.5 Å². The normalized spacial score (nSPS) is 9.73. The zero-order valence-electron chi connectivity index (χ0n) is 8.61. The van der Waals surface area contributed by atoms with Crippen molar-refractivity contribution in [2.24, 2.45) is 0 Å². The predicted octanol–water partition coefficient (Wildman–Crippen LogP) is 1.44. The van der Waals surface area contributed by atoms with Gasteiger partial charge in [-0.3, -0.25) is 9.59 Å². The molecule has 4 nitrogen and oxygen atoms in total. The highest BCUT2D eigenvalue weighted by atomic mass is 16.5. The van der Waals surface area contributed by atoms with Crippen LogP contribution < -0.4 is 4.74 Å². The van der Waals surface area contributed by atoms with E-state index in [0.717, 1.165) is 5.56 Å². The first-order valence-electron chi connectivity index (χ1n) is 4.43. The molecule has 0 aliphatic rings. The van der Waals surface area contributed by atoms with E-state index in [1.165, 1.54) is 7.11 Å². The molecule has 1 rings (SSSR count). The number of methoxy groups -OCH3 is 1. The summed E-state index contributed by atoms with van der Waals surface area (Å²) in [7, 11) is 1.45. The van der Waals surface area contributed by atoms with E-state index in [9.17, 15) is 9.59 Å². The van der Waals surface area contributed by atoms with E-state index in [4.69, 9.17) is 9.84 Å². The van der Waals surface area contributed by atoms with Crippen LogP contribution in [0.2, 0.25) is 0 Å². The van der Waals surface area contributed by atoms with E-state index in [1.807, 2.05) is 6.92 Å². The lowest BCUT2D eigenvalue weighted by molar-refractivity contribution is -0.136. The Balaban J connectivity index is 3.28. The molecule has 1 N–H and O–H groups in total. The van der Waals surface area contributed by atoms with E-state index in [2.05, 4.69) is 0 Å². The van der Waals surface area contributed by atoms with Gasteiger partial charge in [-0.05, 0) is 24.1 Å². The standard InChI is InChI=1S/C11H12O4/c1-7-3-8(5-11(13)14)9(6-12)10(4-7)15-2/h3-4,6H,5H2,1-2H3,(H,13,14). The number of carboxylic acid groups (broad SMARTS) is 1. The molecule has 0 aliphatic carbocycles. The number of hydrogen-bond acceptors (Lipinski definition) is 3. The van der Waals surface area contributed by atoms with E-state index >= 15 is 0 Å². The van der Waals surface area contributed by atoms with Gasteiger partial charge in [0.2, 0.25) is 0 Å². The summed E-state index contributed by atoms with van der Waals surface area (Å²) in [6.45, 7) is 1.82. The monoisotopic (exact) mass is 208 g/mol. The van der Waals surface area contributed by atoms with Crippen molar-refractivity contribution in [2.45, 2.75) is 13.3 Å². The summed E-state index contributed by atoms with van der Waals surface area (Å²) in [5, 5.41) is 8.68. The van der Waals surface area contributed by atoms with Crippen LogP contribution in [0.1, 0.15) is 21.5 Å². The van der Waals surface area contributed by atoms with Crippen molar-refractivity contribution >= 4 is 12.3 Å². The molecule has 1 aromatic rings. The Morgan fingerprint density at radius 2 is 2.20 bits per heavy atom. The first-order chi connectivity index (χ1) is 7.08. The van der Waals surface area contributed by atoms with Gasteiger partial charge in [0.25, 0.3) is 0 Å². The molecule has 0 bridgehead atoms. The highest BCUT2D eigenvalue weighted by Gasteiger charge is 2.12. The highest BCUT2D eigenvalue weighted by molar-refractivity contribution is 5.85. The minimum atomic E-state index is -0.967. The quantitative estimate of drug-likeness (QED) is 0.760. The van der Waals surface area contributed by atoms with Crippen molar-refractivity contribution in [1.29, 1.82) is 0 Å². The number of ether oxygens (including phenoxy) is 1. The van der Waals surface area contributed by atoms with Crippen molar-refractivity contribution in [2.75, 3.05) is 7.11 Å². The lowest BCUT2D eigenvalue weighted by Crippen LogP contribution is -2.05. The first kappa shape index (κ1) is 11.2. The number of rotatable bonds is 4. The first-order valence-corrected chi connectivity index (χ1v) is 4.43. The molecule has 0 amide bonds. The van der Waals surface area contributed by atoms with Crippen molar-refractivity contribution in [3.05, 3.63) is 28.8 Å². The SMILES string of the molecule is COc1cc(C)cc(CC(=O)O)c1C=O. The zero-order valence-corrected chi connectivity index (χ0v) is 8.61. The van der Waals surface area contributed by atoms with Gasteiger partial charge >= 0.3 is 5.97 Å². The van der Waals surface area contributed by atoms with Gasteiger partial charge in [0.1, 0.15) is 5.75 Å². The molecule has 0 aliphatic heterocycles. The Bertz CT molecular complexity index is 396. The average molecular weight is 208 g/mol. The third-order valence-electron chi connectivity index (χ3n) is 2.05. The smallest absolute Gasteiger partial charge is 0.307 e. The van der Waals surface area contributed by atoms with E-state index in [0.29, 0.717) is 23.2 Å². The number of carbonyl (C=O) groups is 2. The minimum Gasteiger partial charge on any atom is -0.496 e. The molecule has 0 unspecified atom stereocenters. The van der Waals surface area contributed by atoms with Crippen molar-refractivity contribution in [3.63, 3.8) is 0 Å². The van der Waals surface area contributed by atoms with Crippen molar-refractivity contribution in [3.8, 4) is 5.75 Å². The largest absolute Gasteiger partial charge is 0.496 e. The maximum Gasteiger partial charge on any atom is 0.307 e. The third-order valence-corrected chi connectivity index (χ3v) is 2.05. The van der Waals surface area contributed by atoms with Crippen LogP contribution in [0.3, 0.4) is 0 Å². The lowest BCUT2D eigenvalue weighted by atomic mass is 10.0.